The maximum atomic E-state index is 11.7. The lowest BCUT2D eigenvalue weighted by atomic mass is 10.1. The number of H-pyrrole nitrogens is 1. The molecule has 1 rings (SSSR count). The summed E-state index contributed by atoms with van der Waals surface area (Å²) in [6.45, 7) is 1.98. The molecule has 0 aliphatic heterocycles. The van der Waals surface area contributed by atoms with Gasteiger partial charge in [0.25, 0.3) is 5.91 Å². The molecule has 0 spiro atoms. The van der Waals surface area contributed by atoms with Gasteiger partial charge in [-0.15, -0.1) is 11.6 Å². The Morgan fingerprint density at radius 2 is 2.31 bits per heavy atom. The maximum Gasteiger partial charge on any atom is 0.268 e. The molecule has 0 aliphatic rings. The van der Waals surface area contributed by atoms with Crippen molar-refractivity contribution in [2.24, 2.45) is 0 Å². The molecule has 0 aromatic carbocycles. The first-order valence-electron chi connectivity index (χ1n) is 5.23. The van der Waals surface area contributed by atoms with Gasteiger partial charge in [-0.1, -0.05) is 13.0 Å². The van der Waals surface area contributed by atoms with E-state index in [1.165, 1.54) is 6.07 Å². The minimum absolute atomic E-state index is 0.0497. The Morgan fingerprint density at radius 3 is 2.88 bits per heavy atom. The molecule has 88 valence electrons. The molecular weight excluding hydrogens is 228 g/mol. The standard InChI is InChI=1S/C11H15ClN2O2/c1-2-8(6-7-12)13-11(16)9-4-3-5-10(15)14-9/h3-5,8H,2,6-7H2,1H3,(H,13,16)(H,14,15). The van der Waals surface area contributed by atoms with Gasteiger partial charge in [-0.05, 0) is 18.9 Å². The number of amides is 1. The average Bonchev–Trinajstić information content (AvgIpc) is 2.28. The van der Waals surface area contributed by atoms with Crippen LogP contribution < -0.4 is 10.9 Å². The summed E-state index contributed by atoms with van der Waals surface area (Å²) in [4.78, 5) is 25.2. The highest BCUT2D eigenvalue weighted by Gasteiger charge is 2.11. The molecule has 1 aromatic rings. The van der Waals surface area contributed by atoms with Gasteiger partial charge in [0.05, 0.1) is 0 Å². The van der Waals surface area contributed by atoms with Crippen LogP contribution in [0.25, 0.3) is 0 Å². The Morgan fingerprint density at radius 1 is 1.56 bits per heavy atom. The summed E-state index contributed by atoms with van der Waals surface area (Å²) >= 11 is 5.62. The number of pyridine rings is 1. The van der Waals surface area contributed by atoms with E-state index in [9.17, 15) is 9.59 Å². The number of nitrogens with one attached hydrogen (secondary N) is 2. The molecule has 1 atom stereocenters. The van der Waals surface area contributed by atoms with Gasteiger partial charge in [0.2, 0.25) is 5.56 Å². The van der Waals surface area contributed by atoms with Crippen molar-refractivity contribution < 1.29 is 4.79 Å². The lowest BCUT2D eigenvalue weighted by Crippen LogP contribution is -2.35. The molecular formula is C11H15ClN2O2. The van der Waals surface area contributed by atoms with E-state index in [0.29, 0.717) is 5.88 Å². The number of rotatable bonds is 5. The Labute approximate surface area is 99.0 Å². The van der Waals surface area contributed by atoms with Gasteiger partial charge in [0.15, 0.2) is 0 Å². The van der Waals surface area contributed by atoms with Crippen molar-refractivity contribution in [1.82, 2.24) is 10.3 Å². The fourth-order valence-electron chi connectivity index (χ4n) is 1.35. The van der Waals surface area contributed by atoms with Crippen molar-refractivity contribution in [2.75, 3.05) is 5.88 Å². The van der Waals surface area contributed by atoms with Gasteiger partial charge < -0.3 is 10.3 Å². The Hall–Kier alpha value is -1.29. The predicted octanol–water partition coefficient (Wildman–Crippen LogP) is 1.51. The van der Waals surface area contributed by atoms with E-state index in [4.69, 9.17) is 11.6 Å². The second-order valence-corrected chi connectivity index (χ2v) is 3.86. The fourth-order valence-corrected chi connectivity index (χ4v) is 1.62. The summed E-state index contributed by atoms with van der Waals surface area (Å²) in [5.74, 6) is 0.235. The summed E-state index contributed by atoms with van der Waals surface area (Å²) < 4.78 is 0. The Bertz CT molecular complexity index is 403. The quantitative estimate of drug-likeness (QED) is 0.769. The minimum atomic E-state index is -0.280. The summed E-state index contributed by atoms with van der Waals surface area (Å²) in [6, 6.07) is 4.54. The molecule has 0 fully saturated rings. The van der Waals surface area contributed by atoms with Crippen LogP contribution in [0.2, 0.25) is 0 Å². The van der Waals surface area contributed by atoms with Crippen molar-refractivity contribution >= 4 is 17.5 Å². The topological polar surface area (TPSA) is 62.0 Å². The van der Waals surface area contributed by atoms with Crippen molar-refractivity contribution in [3.63, 3.8) is 0 Å². The fraction of sp³-hybridized carbons (Fsp3) is 0.455. The van der Waals surface area contributed by atoms with Crippen LogP contribution in [0.15, 0.2) is 23.0 Å². The zero-order valence-electron chi connectivity index (χ0n) is 9.13. The molecule has 2 N–H and O–H groups in total. The number of aromatic amines is 1. The van der Waals surface area contributed by atoms with Gasteiger partial charge in [0.1, 0.15) is 5.69 Å². The zero-order chi connectivity index (χ0) is 12.0. The summed E-state index contributed by atoms with van der Waals surface area (Å²) in [6.07, 6.45) is 1.54. The van der Waals surface area contributed by atoms with E-state index in [-0.39, 0.29) is 23.2 Å². The van der Waals surface area contributed by atoms with E-state index in [0.717, 1.165) is 12.8 Å². The third-order valence-electron chi connectivity index (χ3n) is 2.30. The van der Waals surface area contributed by atoms with Crippen LogP contribution in [0.5, 0.6) is 0 Å². The minimum Gasteiger partial charge on any atom is -0.348 e. The van der Waals surface area contributed by atoms with Crippen LogP contribution in [0, 0.1) is 0 Å². The van der Waals surface area contributed by atoms with Gasteiger partial charge in [-0.2, -0.15) is 0 Å². The second-order valence-electron chi connectivity index (χ2n) is 3.49. The molecule has 0 saturated carbocycles. The molecule has 5 heteroatoms. The first-order chi connectivity index (χ1) is 7.67. The monoisotopic (exact) mass is 242 g/mol. The van der Waals surface area contributed by atoms with Crippen molar-refractivity contribution in [3.8, 4) is 0 Å². The number of carbonyl (C=O) groups excluding carboxylic acids is 1. The van der Waals surface area contributed by atoms with Gasteiger partial charge in [-0.3, -0.25) is 9.59 Å². The maximum absolute atomic E-state index is 11.7. The van der Waals surface area contributed by atoms with Crippen LogP contribution in [-0.2, 0) is 0 Å². The predicted molar refractivity (Wildman–Crippen MR) is 63.9 cm³/mol. The Balaban J connectivity index is 2.67. The van der Waals surface area contributed by atoms with Crippen LogP contribution in [0.4, 0.5) is 0 Å². The van der Waals surface area contributed by atoms with Gasteiger partial charge in [0, 0.05) is 18.0 Å². The molecule has 0 bridgehead atoms. The third-order valence-corrected chi connectivity index (χ3v) is 2.52. The third kappa shape index (κ3) is 3.70. The Kier molecular flexibility index (Phi) is 5.05. The van der Waals surface area contributed by atoms with Gasteiger partial charge >= 0.3 is 0 Å². The van der Waals surface area contributed by atoms with E-state index in [1.54, 1.807) is 12.1 Å². The summed E-state index contributed by atoms with van der Waals surface area (Å²) in [5.41, 5.74) is -0.00133. The highest BCUT2D eigenvalue weighted by atomic mass is 35.5. The SMILES string of the molecule is CCC(CCCl)NC(=O)c1cccc(=O)[nH]1. The summed E-state index contributed by atoms with van der Waals surface area (Å²) in [7, 11) is 0. The first kappa shape index (κ1) is 12.8. The number of alkyl halides is 1. The molecule has 0 aliphatic carbocycles. The molecule has 1 unspecified atom stereocenters. The van der Waals surface area contributed by atoms with Crippen molar-refractivity contribution in [2.45, 2.75) is 25.8 Å². The molecule has 1 aromatic heterocycles. The lowest BCUT2D eigenvalue weighted by molar-refractivity contribution is 0.0930. The molecule has 16 heavy (non-hydrogen) atoms. The molecule has 0 saturated heterocycles. The number of hydrogen-bond acceptors (Lipinski definition) is 2. The van der Waals surface area contributed by atoms with E-state index < -0.39 is 0 Å². The highest BCUT2D eigenvalue weighted by molar-refractivity contribution is 6.17. The number of aromatic nitrogens is 1. The second kappa shape index (κ2) is 6.33. The smallest absolute Gasteiger partial charge is 0.268 e. The van der Waals surface area contributed by atoms with E-state index in [1.807, 2.05) is 6.92 Å². The largest absolute Gasteiger partial charge is 0.348 e. The lowest BCUT2D eigenvalue weighted by Gasteiger charge is -2.15. The number of halogens is 1. The molecule has 0 radical (unpaired) electrons. The van der Waals surface area contributed by atoms with Gasteiger partial charge in [-0.25, -0.2) is 0 Å². The molecule has 1 heterocycles. The number of carbonyl (C=O) groups is 1. The van der Waals surface area contributed by atoms with Crippen LogP contribution in [0.3, 0.4) is 0 Å². The van der Waals surface area contributed by atoms with Crippen molar-refractivity contribution in [3.05, 3.63) is 34.2 Å². The summed E-state index contributed by atoms with van der Waals surface area (Å²) in [5, 5.41) is 2.82. The first-order valence-corrected chi connectivity index (χ1v) is 5.77. The normalized spacial score (nSPS) is 12.1. The molecule has 1 amide bonds. The van der Waals surface area contributed by atoms with Crippen LogP contribution in [0.1, 0.15) is 30.3 Å². The van der Waals surface area contributed by atoms with Crippen molar-refractivity contribution in [1.29, 1.82) is 0 Å². The number of hydrogen-bond donors (Lipinski definition) is 2. The highest BCUT2D eigenvalue weighted by Crippen LogP contribution is 2.01. The van der Waals surface area contributed by atoms with Crippen LogP contribution in [-0.4, -0.2) is 22.8 Å². The zero-order valence-corrected chi connectivity index (χ0v) is 9.88. The average molecular weight is 243 g/mol. The molecule has 4 nitrogen and oxygen atoms in total. The van der Waals surface area contributed by atoms with E-state index >= 15 is 0 Å². The van der Waals surface area contributed by atoms with Crippen LogP contribution >= 0.6 is 11.6 Å². The van der Waals surface area contributed by atoms with E-state index in [2.05, 4.69) is 10.3 Å².